The van der Waals surface area contributed by atoms with Gasteiger partial charge in [-0.2, -0.15) is 10.4 Å². The van der Waals surface area contributed by atoms with Crippen LogP contribution in [-0.4, -0.2) is 22.6 Å². The van der Waals surface area contributed by atoms with Crippen molar-refractivity contribution in [1.29, 1.82) is 5.26 Å². The molecule has 0 aliphatic heterocycles. The Morgan fingerprint density at radius 3 is 2.59 bits per heavy atom. The third-order valence-electron chi connectivity index (χ3n) is 3.82. The van der Waals surface area contributed by atoms with E-state index in [-0.39, 0.29) is 18.9 Å². The molecule has 0 aliphatic carbocycles. The van der Waals surface area contributed by atoms with Crippen LogP contribution in [0.15, 0.2) is 65.9 Å². The third kappa shape index (κ3) is 4.58. The van der Waals surface area contributed by atoms with Crippen molar-refractivity contribution in [2.45, 2.75) is 13.0 Å². The Labute approximate surface area is 155 Å². The van der Waals surface area contributed by atoms with Gasteiger partial charge in [-0.05, 0) is 18.2 Å². The molecule has 1 heterocycles. The van der Waals surface area contributed by atoms with E-state index >= 15 is 0 Å². The van der Waals surface area contributed by atoms with Crippen molar-refractivity contribution in [2.75, 3.05) is 5.32 Å². The second kappa shape index (κ2) is 8.45. The average Bonchev–Trinajstić information content (AvgIpc) is 3.00. The SMILES string of the molecule is N#CCC(=O)N/N=C\c1cn(CC(=O)Nc2ccccc2)c2ccccc12. The molecule has 3 aromatic rings. The molecule has 2 N–H and O–H groups in total. The number of nitrogens with one attached hydrogen (secondary N) is 2. The first-order valence-corrected chi connectivity index (χ1v) is 8.29. The number of anilines is 1. The maximum atomic E-state index is 12.4. The molecule has 0 aliphatic rings. The van der Waals surface area contributed by atoms with Crippen molar-refractivity contribution >= 4 is 34.6 Å². The molecule has 0 saturated carbocycles. The van der Waals surface area contributed by atoms with Crippen molar-refractivity contribution < 1.29 is 9.59 Å². The Morgan fingerprint density at radius 1 is 1.07 bits per heavy atom. The zero-order chi connectivity index (χ0) is 19.1. The van der Waals surface area contributed by atoms with Gasteiger partial charge in [-0.15, -0.1) is 0 Å². The van der Waals surface area contributed by atoms with Crippen LogP contribution in [0.4, 0.5) is 5.69 Å². The number of carbonyl (C=O) groups is 2. The number of hydrogen-bond donors (Lipinski definition) is 2. The molecule has 0 saturated heterocycles. The number of hydrogen-bond acceptors (Lipinski definition) is 4. The fourth-order valence-corrected chi connectivity index (χ4v) is 2.67. The molecule has 0 atom stereocenters. The summed E-state index contributed by atoms with van der Waals surface area (Å²) in [4.78, 5) is 23.7. The lowest BCUT2D eigenvalue weighted by atomic mass is 10.2. The number of aromatic nitrogens is 1. The van der Waals surface area contributed by atoms with Gasteiger partial charge in [0.2, 0.25) is 5.91 Å². The predicted molar refractivity (Wildman–Crippen MR) is 103 cm³/mol. The van der Waals surface area contributed by atoms with Gasteiger partial charge in [0.15, 0.2) is 0 Å². The molecule has 0 spiro atoms. The fraction of sp³-hybridized carbons (Fsp3) is 0.100. The van der Waals surface area contributed by atoms with E-state index in [4.69, 9.17) is 5.26 Å². The van der Waals surface area contributed by atoms with Crippen molar-refractivity contribution in [3.63, 3.8) is 0 Å². The molecular weight excluding hydrogens is 342 g/mol. The summed E-state index contributed by atoms with van der Waals surface area (Å²) in [6.07, 6.45) is 3.05. The molecule has 2 amide bonds. The maximum Gasteiger partial charge on any atom is 0.254 e. The third-order valence-corrected chi connectivity index (χ3v) is 3.82. The van der Waals surface area contributed by atoms with Gasteiger partial charge in [-0.3, -0.25) is 9.59 Å². The lowest BCUT2D eigenvalue weighted by molar-refractivity contribution is -0.120. The minimum absolute atomic E-state index is 0.143. The normalized spacial score (nSPS) is 10.6. The van der Waals surface area contributed by atoms with Crippen LogP contribution in [0.2, 0.25) is 0 Å². The van der Waals surface area contributed by atoms with Gasteiger partial charge in [0, 0.05) is 28.4 Å². The van der Waals surface area contributed by atoms with Crippen LogP contribution in [0.1, 0.15) is 12.0 Å². The standard InChI is InChI=1S/C20H17N5O2/c21-11-10-19(26)24-22-12-15-13-25(18-9-5-4-8-17(15)18)14-20(27)23-16-6-2-1-3-7-16/h1-9,12-13H,10,14H2,(H,23,27)(H,24,26)/b22-12-. The second-order valence-corrected chi connectivity index (χ2v) is 5.77. The van der Waals surface area contributed by atoms with E-state index in [1.165, 1.54) is 6.21 Å². The van der Waals surface area contributed by atoms with E-state index in [1.807, 2.05) is 59.2 Å². The van der Waals surface area contributed by atoms with Crippen molar-refractivity contribution in [3.8, 4) is 6.07 Å². The summed E-state index contributed by atoms with van der Waals surface area (Å²) in [6, 6.07) is 18.6. The van der Waals surface area contributed by atoms with Gasteiger partial charge in [0.05, 0.1) is 12.3 Å². The molecule has 2 aromatic carbocycles. The molecule has 27 heavy (non-hydrogen) atoms. The minimum atomic E-state index is -0.472. The smallest absolute Gasteiger partial charge is 0.254 e. The van der Waals surface area contributed by atoms with Crippen LogP contribution in [0.3, 0.4) is 0 Å². The average molecular weight is 359 g/mol. The number of para-hydroxylation sites is 2. The summed E-state index contributed by atoms with van der Waals surface area (Å²) in [5, 5.41) is 16.1. The highest BCUT2D eigenvalue weighted by atomic mass is 16.2. The summed E-state index contributed by atoms with van der Waals surface area (Å²) in [5.74, 6) is -0.618. The molecule has 0 fully saturated rings. The Morgan fingerprint density at radius 2 is 1.81 bits per heavy atom. The Hall–Kier alpha value is -3.92. The minimum Gasteiger partial charge on any atom is -0.337 e. The molecular formula is C20H17N5O2. The van der Waals surface area contributed by atoms with Crippen LogP contribution in [-0.2, 0) is 16.1 Å². The number of amides is 2. The molecule has 3 rings (SSSR count). The molecule has 1 aromatic heterocycles. The highest BCUT2D eigenvalue weighted by Crippen LogP contribution is 2.20. The van der Waals surface area contributed by atoms with Gasteiger partial charge in [-0.25, -0.2) is 5.43 Å². The Bertz CT molecular complexity index is 1030. The maximum absolute atomic E-state index is 12.4. The summed E-state index contributed by atoms with van der Waals surface area (Å²) < 4.78 is 1.83. The zero-order valence-corrected chi connectivity index (χ0v) is 14.4. The van der Waals surface area contributed by atoms with Gasteiger partial charge >= 0.3 is 0 Å². The van der Waals surface area contributed by atoms with Gasteiger partial charge in [-0.1, -0.05) is 36.4 Å². The molecule has 7 nitrogen and oxygen atoms in total. The zero-order valence-electron chi connectivity index (χ0n) is 14.4. The highest BCUT2D eigenvalue weighted by Gasteiger charge is 2.10. The van der Waals surface area contributed by atoms with Crippen LogP contribution >= 0.6 is 0 Å². The van der Waals surface area contributed by atoms with Gasteiger partial charge in [0.1, 0.15) is 13.0 Å². The summed E-state index contributed by atoms with van der Waals surface area (Å²) in [6.45, 7) is 0.143. The second-order valence-electron chi connectivity index (χ2n) is 5.77. The topological polar surface area (TPSA) is 99.3 Å². The van der Waals surface area contributed by atoms with E-state index < -0.39 is 5.91 Å². The molecule has 134 valence electrons. The largest absolute Gasteiger partial charge is 0.337 e. The lowest BCUT2D eigenvalue weighted by Gasteiger charge is -2.07. The van der Waals surface area contributed by atoms with Crippen molar-refractivity contribution in [1.82, 2.24) is 9.99 Å². The fourth-order valence-electron chi connectivity index (χ4n) is 2.67. The van der Waals surface area contributed by atoms with E-state index in [0.717, 1.165) is 22.2 Å². The van der Waals surface area contributed by atoms with Crippen LogP contribution in [0, 0.1) is 11.3 Å². The molecule has 7 heteroatoms. The lowest BCUT2D eigenvalue weighted by Crippen LogP contribution is -2.18. The number of hydrazone groups is 1. The number of carbonyl (C=O) groups excluding carboxylic acids is 2. The van der Waals surface area contributed by atoms with Gasteiger partial charge < -0.3 is 9.88 Å². The van der Waals surface area contributed by atoms with Crippen LogP contribution in [0.5, 0.6) is 0 Å². The highest BCUT2D eigenvalue weighted by molar-refractivity contribution is 6.00. The van der Waals surface area contributed by atoms with E-state index in [0.29, 0.717) is 0 Å². The van der Waals surface area contributed by atoms with E-state index in [2.05, 4.69) is 15.8 Å². The number of fused-ring (bicyclic) bond motifs is 1. The van der Waals surface area contributed by atoms with E-state index in [9.17, 15) is 9.59 Å². The van der Waals surface area contributed by atoms with Crippen molar-refractivity contribution in [2.24, 2.45) is 5.10 Å². The van der Waals surface area contributed by atoms with Crippen LogP contribution < -0.4 is 10.7 Å². The summed E-state index contributed by atoms with van der Waals surface area (Å²) >= 11 is 0. The van der Waals surface area contributed by atoms with Crippen LogP contribution in [0.25, 0.3) is 10.9 Å². The Balaban J connectivity index is 1.78. The first-order chi connectivity index (χ1) is 13.2. The monoisotopic (exact) mass is 359 g/mol. The van der Waals surface area contributed by atoms with E-state index in [1.54, 1.807) is 12.3 Å². The molecule has 0 bridgehead atoms. The quantitative estimate of drug-likeness (QED) is 0.523. The number of benzene rings is 2. The first-order valence-electron chi connectivity index (χ1n) is 8.29. The van der Waals surface area contributed by atoms with Gasteiger partial charge in [0.25, 0.3) is 5.91 Å². The summed E-state index contributed by atoms with van der Waals surface area (Å²) in [7, 11) is 0. The number of nitrogens with zero attached hydrogens (tertiary/aromatic N) is 3. The Kier molecular flexibility index (Phi) is 5.60. The molecule has 0 radical (unpaired) electrons. The number of rotatable bonds is 6. The number of nitriles is 1. The predicted octanol–water partition coefficient (Wildman–Crippen LogP) is 2.64. The summed E-state index contributed by atoms with van der Waals surface area (Å²) in [5.41, 5.74) is 4.68. The molecule has 0 unspecified atom stereocenters. The first kappa shape index (κ1) is 17.9. The van der Waals surface area contributed by atoms with Crippen molar-refractivity contribution in [3.05, 3.63) is 66.4 Å².